The molecular formula is C59H35N7O. The standard InChI is InChI=1S/C59H35N7O/c1-3-15-38(16-4-1)49-34-51(64-57(62-49)42-25-23-36-13-7-9-19-40(36)29-42)44-31-45(33-46(32-44)59-66-55-47-21-11-27-60-53(47)54-48(56(55)67-59)22-12-28-61-54)52-35-50(39-17-5-2-6-18-39)63-58(65-52)43-26-24-37-14-8-10-20-41(37)30-43/h1-35H. The van der Waals surface area contributed by atoms with E-state index in [2.05, 4.69) is 140 Å². The van der Waals surface area contributed by atoms with Crippen LogP contribution in [-0.4, -0.2) is 34.9 Å². The summed E-state index contributed by atoms with van der Waals surface area (Å²) in [5, 5.41) is 6.22. The minimum atomic E-state index is 0.443. The van der Waals surface area contributed by atoms with Gasteiger partial charge < -0.3 is 4.42 Å². The van der Waals surface area contributed by atoms with Crippen LogP contribution in [0.2, 0.25) is 0 Å². The van der Waals surface area contributed by atoms with Crippen LogP contribution in [0.4, 0.5) is 0 Å². The van der Waals surface area contributed by atoms with E-state index >= 15 is 0 Å². The van der Waals surface area contributed by atoms with Gasteiger partial charge in [0.2, 0.25) is 5.89 Å². The summed E-state index contributed by atoms with van der Waals surface area (Å²) in [4.78, 5) is 35.8. The van der Waals surface area contributed by atoms with Gasteiger partial charge in [0, 0.05) is 62.1 Å². The number of aromatic nitrogens is 7. The van der Waals surface area contributed by atoms with Crippen LogP contribution in [0.5, 0.6) is 0 Å². The minimum absolute atomic E-state index is 0.443. The van der Waals surface area contributed by atoms with Crippen molar-refractivity contribution in [2.75, 3.05) is 0 Å². The molecule has 8 nitrogen and oxygen atoms in total. The van der Waals surface area contributed by atoms with Crippen molar-refractivity contribution in [2.24, 2.45) is 0 Å². The maximum atomic E-state index is 6.87. The number of hydrogen-bond acceptors (Lipinski definition) is 8. The van der Waals surface area contributed by atoms with Gasteiger partial charge in [0.05, 0.1) is 28.3 Å². The maximum absolute atomic E-state index is 6.87. The van der Waals surface area contributed by atoms with Crippen molar-refractivity contribution in [3.05, 3.63) is 213 Å². The molecule has 0 aliphatic carbocycles. The van der Waals surface area contributed by atoms with Crippen LogP contribution in [0.1, 0.15) is 0 Å². The van der Waals surface area contributed by atoms with Crippen molar-refractivity contribution in [3.8, 4) is 79.3 Å². The zero-order valence-corrected chi connectivity index (χ0v) is 35.7. The quantitative estimate of drug-likeness (QED) is 0.146. The second kappa shape index (κ2) is 15.8. The van der Waals surface area contributed by atoms with Gasteiger partial charge >= 0.3 is 0 Å². The molecule has 312 valence electrons. The van der Waals surface area contributed by atoms with Gasteiger partial charge in [-0.1, -0.05) is 133 Å². The van der Waals surface area contributed by atoms with E-state index in [0.717, 1.165) is 105 Å². The van der Waals surface area contributed by atoms with Crippen molar-refractivity contribution >= 4 is 54.5 Å². The Labute approximate surface area is 384 Å². The van der Waals surface area contributed by atoms with Crippen LogP contribution >= 0.6 is 0 Å². The predicted octanol–water partition coefficient (Wildman–Crippen LogP) is 14.5. The molecule has 13 rings (SSSR count). The number of pyridine rings is 2. The number of hydrogen-bond donors (Lipinski definition) is 0. The fourth-order valence-electron chi connectivity index (χ4n) is 9.04. The van der Waals surface area contributed by atoms with Crippen LogP contribution in [0.25, 0.3) is 134 Å². The molecule has 0 aliphatic rings. The van der Waals surface area contributed by atoms with Crippen molar-refractivity contribution < 1.29 is 4.42 Å². The molecule has 0 amide bonds. The van der Waals surface area contributed by atoms with Crippen LogP contribution in [0, 0.1) is 0 Å². The average molecular weight is 858 g/mol. The third-order valence-corrected chi connectivity index (χ3v) is 12.3. The molecule has 0 bridgehead atoms. The molecule has 0 atom stereocenters. The van der Waals surface area contributed by atoms with Gasteiger partial charge in [0.25, 0.3) is 0 Å². The van der Waals surface area contributed by atoms with Crippen molar-refractivity contribution in [2.45, 2.75) is 0 Å². The Bertz CT molecular complexity index is 3800. The highest BCUT2D eigenvalue weighted by Crippen LogP contribution is 2.40. The van der Waals surface area contributed by atoms with Gasteiger partial charge in [-0.05, 0) is 88.3 Å². The molecule has 0 N–H and O–H groups in total. The van der Waals surface area contributed by atoms with E-state index in [1.54, 1.807) is 12.4 Å². The first-order chi connectivity index (χ1) is 33.1. The molecule has 5 aromatic heterocycles. The molecule has 0 spiro atoms. The normalized spacial score (nSPS) is 11.6. The smallest absolute Gasteiger partial charge is 0.227 e. The van der Waals surface area contributed by atoms with E-state index in [4.69, 9.17) is 39.3 Å². The molecule has 13 aromatic rings. The number of oxazole rings is 1. The number of rotatable bonds is 7. The number of fused-ring (bicyclic) bond motifs is 8. The highest BCUT2D eigenvalue weighted by molar-refractivity contribution is 6.20. The Balaban J connectivity index is 1.07. The largest absolute Gasteiger partial charge is 0.435 e. The van der Waals surface area contributed by atoms with Crippen molar-refractivity contribution in [3.63, 3.8) is 0 Å². The lowest BCUT2D eigenvalue weighted by Crippen LogP contribution is -1.98. The van der Waals surface area contributed by atoms with E-state index in [9.17, 15) is 0 Å². The predicted molar refractivity (Wildman–Crippen MR) is 269 cm³/mol. The van der Waals surface area contributed by atoms with Crippen LogP contribution in [-0.2, 0) is 0 Å². The number of nitrogens with zero attached hydrogens (tertiary/aromatic N) is 7. The molecule has 8 aromatic carbocycles. The lowest BCUT2D eigenvalue weighted by atomic mass is 9.98. The maximum Gasteiger partial charge on any atom is 0.227 e. The third-order valence-electron chi connectivity index (χ3n) is 12.3. The monoisotopic (exact) mass is 857 g/mol. The first-order valence-corrected chi connectivity index (χ1v) is 22.1. The molecule has 8 heteroatoms. The summed E-state index contributed by atoms with van der Waals surface area (Å²) in [6.45, 7) is 0. The van der Waals surface area contributed by atoms with E-state index in [1.165, 1.54) is 0 Å². The van der Waals surface area contributed by atoms with Crippen molar-refractivity contribution in [1.29, 1.82) is 0 Å². The highest BCUT2D eigenvalue weighted by atomic mass is 16.3. The Hall–Kier alpha value is -9.27. The zero-order chi connectivity index (χ0) is 44.3. The van der Waals surface area contributed by atoms with Crippen LogP contribution in [0.15, 0.2) is 217 Å². The average Bonchev–Trinajstić information content (AvgIpc) is 3.87. The summed E-state index contributed by atoms with van der Waals surface area (Å²) >= 11 is 0. The molecule has 0 fully saturated rings. The summed E-state index contributed by atoms with van der Waals surface area (Å²) in [6.07, 6.45) is 3.57. The van der Waals surface area contributed by atoms with Gasteiger partial charge in [-0.15, -0.1) is 0 Å². The molecule has 0 saturated carbocycles. The topological polar surface area (TPSA) is 103 Å². The Kier molecular flexibility index (Phi) is 8.99. The van der Waals surface area contributed by atoms with Crippen LogP contribution < -0.4 is 0 Å². The molecule has 0 saturated heterocycles. The lowest BCUT2D eigenvalue weighted by Gasteiger charge is -2.13. The molecule has 5 heterocycles. The van der Waals surface area contributed by atoms with E-state index in [-0.39, 0.29) is 0 Å². The van der Waals surface area contributed by atoms with E-state index in [0.29, 0.717) is 28.6 Å². The summed E-state index contributed by atoms with van der Waals surface area (Å²) < 4.78 is 6.87. The Morgan fingerprint density at radius 3 is 1.27 bits per heavy atom. The van der Waals surface area contributed by atoms with Crippen LogP contribution in [0.3, 0.4) is 0 Å². The zero-order valence-electron chi connectivity index (χ0n) is 35.7. The van der Waals surface area contributed by atoms with Gasteiger partial charge in [-0.2, -0.15) is 0 Å². The molecule has 0 radical (unpaired) electrons. The SMILES string of the molecule is c1ccc(-c2cc(-c3cc(-c4cc(-c5ccccc5)nc(-c5ccc6ccccc6c5)n4)cc(-c4nc5c6cccnc6c6ncccc6c5o4)c3)nc(-c3ccc4ccccc4c3)n2)cc1. The van der Waals surface area contributed by atoms with Gasteiger partial charge in [0.15, 0.2) is 17.2 Å². The van der Waals surface area contributed by atoms with Crippen molar-refractivity contribution in [1.82, 2.24) is 34.9 Å². The van der Waals surface area contributed by atoms with Gasteiger partial charge in [0.1, 0.15) is 11.0 Å². The van der Waals surface area contributed by atoms with E-state index in [1.807, 2.05) is 60.7 Å². The first-order valence-electron chi connectivity index (χ1n) is 22.1. The molecule has 0 aliphatic heterocycles. The molecule has 67 heavy (non-hydrogen) atoms. The summed E-state index contributed by atoms with van der Waals surface area (Å²) in [5.74, 6) is 1.67. The Morgan fingerprint density at radius 1 is 0.284 bits per heavy atom. The fourth-order valence-corrected chi connectivity index (χ4v) is 9.04. The summed E-state index contributed by atoms with van der Waals surface area (Å²) in [7, 11) is 0. The summed E-state index contributed by atoms with van der Waals surface area (Å²) in [5.41, 5.74) is 12.1. The lowest BCUT2D eigenvalue weighted by molar-refractivity contribution is 0.623. The Morgan fingerprint density at radius 2 is 0.731 bits per heavy atom. The second-order valence-corrected chi connectivity index (χ2v) is 16.6. The minimum Gasteiger partial charge on any atom is -0.435 e. The number of benzene rings is 8. The fraction of sp³-hybridized carbons (Fsp3) is 0. The third kappa shape index (κ3) is 6.92. The highest BCUT2D eigenvalue weighted by Gasteiger charge is 2.21. The van der Waals surface area contributed by atoms with Gasteiger partial charge in [-0.3, -0.25) is 9.97 Å². The molecular weight excluding hydrogens is 823 g/mol. The van der Waals surface area contributed by atoms with Gasteiger partial charge in [-0.25, -0.2) is 24.9 Å². The second-order valence-electron chi connectivity index (χ2n) is 16.6. The summed E-state index contributed by atoms with van der Waals surface area (Å²) in [6, 6.07) is 68.2. The first kappa shape index (κ1) is 38.2. The van der Waals surface area contributed by atoms with E-state index < -0.39 is 0 Å². The molecule has 0 unspecified atom stereocenters.